The van der Waals surface area contributed by atoms with Crippen molar-refractivity contribution in [2.45, 2.75) is 44.9 Å². The first kappa shape index (κ1) is 11.3. The van der Waals surface area contributed by atoms with Crippen molar-refractivity contribution in [1.82, 2.24) is 5.32 Å². The fraction of sp³-hybridized carbons (Fsp3) is 0.917. The molecule has 0 radical (unpaired) electrons. The molecule has 0 spiro atoms. The zero-order valence-electron chi connectivity index (χ0n) is 9.39. The van der Waals surface area contributed by atoms with Crippen molar-refractivity contribution in [2.24, 2.45) is 11.3 Å². The Balaban J connectivity index is 1.90. The molecule has 0 aromatic carbocycles. The van der Waals surface area contributed by atoms with Crippen molar-refractivity contribution in [3.63, 3.8) is 0 Å². The standard InChI is InChI=1S/C12H22N2S/c13-11(8-15)14-9-12-5-1-3-10(7-12)4-2-6-12/h10,15H,1-9H2,(H2,13,14). The molecule has 15 heavy (non-hydrogen) atoms. The van der Waals surface area contributed by atoms with Gasteiger partial charge in [-0.25, -0.2) is 0 Å². The van der Waals surface area contributed by atoms with Gasteiger partial charge in [0.25, 0.3) is 0 Å². The smallest absolute Gasteiger partial charge is 0.103 e. The number of nitrogens with one attached hydrogen (secondary N) is 2. The number of hydrogen-bond acceptors (Lipinski definition) is 2. The highest BCUT2D eigenvalue weighted by molar-refractivity contribution is 7.81. The highest BCUT2D eigenvalue weighted by Gasteiger charge is 2.38. The van der Waals surface area contributed by atoms with Crippen LogP contribution >= 0.6 is 12.6 Å². The van der Waals surface area contributed by atoms with E-state index in [4.69, 9.17) is 5.41 Å². The summed E-state index contributed by atoms with van der Waals surface area (Å²) in [7, 11) is 0. The predicted octanol–water partition coefficient (Wildman–Crippen LogP) is 2.84. The Hall–Kier alpha value is -0.180. The van der Waals surface area contributed by atoms with Gasteiger partial charge in [0.2, 0.25) is 0 Å². The normalized spacial score (nSPS) is 34.9. The van der Waals surface area contributed by atoms with Crippen LogP contribution in [0.4, 0.5) is 0 Å². The summed E-state index contributed by atoms with van der Waals surface area (Å²) in [5.74, 6) is 2.11. The summed E-state index contributed by atoms with van der Waals surface area (Å²) < 4.78 is 0. The lowest BCUT2D eigenvalue weighted by Gasteiger charge is -2.45. The molecular weight excluding hydrogens is 204 g/mol. The van der Waals surface area contributed by atoms with Crippen molar-refractivity contribution in [1.29, 1.82) is 5.41 Å². The third-order valence-electron chi connectivity index (χ3n) is 4.20. The van der Waals surface area contributed by atoms with Gasteiger partial charge in [0.05, 0.1) is 0 Å². The van der Waals surface area contributed by atoms with Gasteiger partial charge in [-0.2, -0.15) is 12.6 Å². The van der Waals surface area contributed by atoms with E-state index < -0.39 is 0 Å². The molecule has 0 aromatic rings. The van der Waals surface area contributed by atoms with Crippen LogP contribution in [0.15, 0.2) is 0 Å². The fourth-order valence-electron chi connectivity index (χ4n) is 3.42. The third-order valence-corrected chi connectivity index (χ3v) is 4.51. The number of amidine groups is 1. The van der Waals surface area contributed by atoms with Crippen LogP contribution in [0.25, 0.3) is 0 Å². The summed E-state index contributed by atoms with van der Waals surface area (Å²) in [4.78, 5) is 0. The Bertz CT molecular complexity index is 230. The zero-order chi connectivity index (χ0) is 10.7. The second-order valence-corrected chi connectivity index (χ2v) is 5.66. The Kier molecular flexibility index (Phi) is 3.60. The molecule has 0 atom stereocenters. The van der Waals surface area contributed by atoms with Crippen LogP contribution < -0.4 is 5.32 Å². The quantitative estimate of drug-likeness (QED) is 0.386. The fourth-order valence-corrected chi connectivity index (χ4v) is 3.53. The van der Waals surface area contributed by atoms with Crippen LogP contribution in [0.3, 0.4) is 0 Å². The number of hydrogen-bond donors (Lipinski definition) is 3. The van der Waals surface area contributed by atoms with Gasteiger partial charge in [-0.1, -0.05) is 25.7 Å². The van der Waals surface area contributed by atoms with Crippen molar-refractivity contribution >= 4 is 18.5 Å². The number of fused-ring (bicyclic) bond motifs is 2. The molecule has 0 unspecified atom stereocenters. The van der Waals surface area contributed by atoms with E-state index in [1.807, 2.05) is 0 Å². The Morgan fingerprint density at radius 1 is 1.33 bits per heavy atom. The largest absolute Gasteiger partial charge is 0.373 e. The zero-order valence-corrected chi connectivity index (χ0v) is 10.3. The summed E-state index contributed by atoms with van der Waals surface area (Å²) in [6.45, 7) is 1.02. The van der Waals surface area contributed by atoms with Crippen LogP contribution in [0, 0.1) is 16.7 Å². The predicted molar refractivity (Wildman–Crippen MR) is 67.8 cm³/mol. The molecule has 2 N–H and O–H groups in total. The molecule has 2 nitrogen and oxygen atoms in total. The molecule has 0 heterocycles. The van der Waals surface area contributed by atoms with Crippen LogP contribution in [-0.4, -0.2) is 18.1 Å². The van der Waals surface area contributed by atoms with Crippen molar-refractivity contribution < 1.29 is 0 Å². The van der Waals surface area contributed by atoms with E-state index in [1.165, 1.54) is 44.9 Å². The lowest BCUT2D eigenvalue weighted by molar-refractivity contribution is 0.0811. The van der Waals surface area contributed by atoms with Crippen molar-refractivity contribution in [3.8, 4) is 0 Å². The van der Waals surface area contributed by atoms with Crippen LogP contribution in [0.5, 0.6) is 0 Å². The molecule has 2 saturated carbocycles. The first-order valence-electron chi connectivity index (χ1n) is 6.16. The molecule has 0 aliphatic heterocycles. The SMILES string of the molecule is N=C(CS)NCC12CCCC(CCC1)C2. The van der Waals surface area contributed by atoms with E-state index in [0.29, 0.717) is 17.0 Å². The number of rotatable bonds is 3. The molecule has 2 aliphatic rings. The second-order valence-electron chi connectivity index (χ2n) is 5.34. The monoisotopic (exact) mass is 226 g/mol. The van der Waals surface area contributed by atoms with E-state index in [2.05, 4.69) is 17.9 Å². The molecule has 0 amide bonds. The van der Waals surface area contributed by atoms with Gasteiger partial charge in [-0.15, -0.1) is 0 Å². The van der Waals surface area contributed by atoms with E-state index in [9.17, 15) is 0 Å². The summed E-state index contributed by atoms with van der Waals surface area (Å²) in [5, 5.41) is 10.9. The Morgan fingerprint density at radius 2 is 2.00 bits per heavy atom. The highest BCUT2D eigenvalue weighted by Crippen LogP contribution is 2.48. The summed E-state index contributed by atoms with van der Waals surface area (Å²) in [6.07, 6.45) is 9.85. The first-order valence-corrected chi connectivity index (χ1v) is 6.79. The Morgan fingerprint density at radius 3 is 2.60 bits per heavy atom. The second kappa shape index (κ2) is 4.77. The molecule has 2 bridgehead atoms. The maximum absolute atomic E-state index is 7.60. The third kappa shape index (κ3) is 2.68. The van der Waals surface area contributed by atoms with Gasteiger partial charge in [0, 0.05) is 12.3 Å². The van der Waals surface area contributed by atoms with Crippen molar-refractivity contribution in [2.75, 3.05) is 12.3 Å². The minimum atomic E-state index is 0.524. The van der Waals surface area contributed by atoms with Crippen LogP contribution in [0.2, 0.25) is 0 Å². The Labute approximate surface area is 98.1 Å². The molecule has 0 aromatic heterocycles. The minimum Gasteiger partial charge on any atom is -0.373 e. The van der Waals surface area contributed by atoms with Crippen LogP contribution in [-0.2, 0) is 0 Å². The maximum atomic E-state index is 7.60. The molecular formula is C12H22N2S. The summed E-state index contributed by atoms with van der Waals surface area (Å²) >= 11 is 4.11. The van der Waals surface area contributed by atoms with Gasteiger partial charge in [-0.3, -0.25) is 5.41 Å². The average molecular weight is 226 g/mol. The molecule has 3 heteroatoms. The van der Waals surface area contributed by atoms with Crippen molar-refractivity contribution in [3.05, 3.63) is 0 Å². The summed E-state index contributed by atoms with van der Waals surface area (Å²) in [6, 6.07) is 0. The van der Waals surface area contributed by atoms with Gasteiger partial charge < -0.3 is 5.32 Å². The van der Waals surface area contributed by atoms with E-state index in [-0.39, 0.29) is 0 Å². The van der Waals surface area contributed by atoms with Gasteiger partial charge in [-0.05, 0) is 30.6 Å². The average Bonchev–Trinajstić information content (AvgIpc) is 2.26. The van der Waals surface area contributed by atoms with E-state index in [1.54, 1.807) is 0 Å². The van der Waals surface area contributed by atoms with Gasteiger partial charge >= 0.3 is 0 Å². The molecule has 2 rings (SSSR count). The van der Waals surface area contributed by atoms with Gasteiger partial charge in [0.15, 0.2) is 0 Å². The first-order chi connectivity index (χ1) is 7.24. The topological polar surface area (TPSA) is 35.9 Å². The lowest BCUT2D eigenvalue weighted by Crippen LogP contribution is -2.43. The summed E-state index contributed by atoms with van der Waals surface area (Å²) in [5.41, 5.74) is 0.524. The molecule has 2 aliphatic carbocycles. The highest BCUT2D eigenvalue weighted by atomic mass is 32.1. The van der Waals surface area contributed by atoms with E-state index >= 15 is 0 Å². The van der Waals surface area contributed by atoms with Crippen LogP contribution in [0.1, 0.15) is 44.9 Å². The lowest BCUT2D eigenvalue weighted by atomic mass is 9.62. The van der Waals surface area contributed by atoms with E-state index in [0.717, 1.165) is 12.5 Å². The van der Waals surface area contributed by atoms with Gasteiger partial charge in [0.1, 0.15) is 5.84 Å². The number of thiol groups is 1. The molecule has 0 saturated heterocycles. The molecule has 86 valence electrons. The minimum absolute atomic E-state index is 0.524. The maximum Gasteiger partial charge on any atom is 0.103 e. The molecule has 2 fully saturated rings.